The molecule has 2 aromatic heterocycles. The zero-order chi connectivity index (χ0) is 15.7. The van der Waals surface area contributed by atoms with Crippen LogP contribution in [0.3, 0.4) is 0 Å². The normalized spacial score (nSPS) is 14.9. The van der Waals surface area contributed by atoms with Gasteiger partial charge in [0.05, 0.1) is 6.04 Å². The first-order chi connectivity index (χ1) is 10.6. The van der Waals surface area contributed by atoms with Crippen LogP contribution in [0, 0.1) is 0 Å². The third-order valence-corrected chi connectivity index (χ3v) is 3.52. The number of carbonyl (C=O) groups is 1. The van der Waals surface area contributed by atoms with Crippen molar-refractivity contribution in [2.45, 2.75) is 38.8 Å². The molecule has 0 spiro atoms. The van der Waals surface area contributed by atoms with Gasteiger partial charge in [0.2, 0.25) is 0 Å². The van der Waals surface area contributed by atoms with Crippen molar-refractivity contribution >= 4 is 5.91 Å². The average molecular weight is 308 g/mol. The molecule has 1 atom stereocenters. The molecule has 1 amide bonds. The molecule has 0 radical (unpaired) electrons. The average Bonchev–Trinajstić information content (AvgIpc) is 3.09. The highest BCUT2D eigenvalue weighted by atomic mass is 19.3. The Morgan fingerprint density at radius 1 is 1.36 bits per heavy atom. The standard InChI is InChI=1S/C13H14F2N6O/c1-7(12-20-19-10-3-2-4-21(10)12)18-13(22)9-5-8(11(14)15)16-6-17-9/h5-7,11H,2-4H2,1H3,(H,18,22). The number of halogens is 2. The van der Waals surface area contributed by atoms with Gasteiger partial charge in [-0.2, -0.15) is 0 Å². The van der Waals surface area contributed by atoms with Crippen LogP contribution in [-0.2, 0) is 13.0 Å². The van der Waals surface area contributed by atoms with E-state index in [0.29, 0.717) is 5.82 Å². The van der Waals surface area contributed by atoms with Crippen molar-refractivity contribution in [3.63, 3.8) is 0 Å². The molecule has 1 N–H and O–H groups in total. The monoisotopic (exact) mass is 308 g/mol. The van der Waals surface area contributed by atoms with Crippen LogP contribution in [0.5, 0.6) is 0 Å². The van der Waals surface area contributed by atoms with E-state index >= 15 is 0 Å². The Hall–Kier alpha value is -2.45. The van der Waals surface area contributed by atoms with Gasteiger partial charge in [0.15, 0.2) is 5.82 Å². The van der Waals surface area contributed by atoms with E-state index in [2.05, 4.69) is 25.5 Å². The summed E-state index contributed by atoms with van der Waals surface area (Å²) in [4.78, 5) is 19.3. The third-order valence-electron chi connectivity index (χ3n) is 3.52. The Morgan fingerprint density at radius 2 is 2.18 bits per heavy atom. The van der Waals surface area contributed by atoms with E-state index in [4.69, 9.17) is 0 Å². The second-order valence-corrected chi connectivity index (χ2v) is 5.05. The predicted molar refractivity (Wildman–Crippen MR) is 71.2 cm³/mol. The van der Waals surface area contributed by atoms with Crippen molar-refractivity contribution in [2.75, 3.05) is 0 Å². The molecule has 0 fully saturated rings. The fourth-order valence-electron chi connectivity index (χ4n) is 2.44. The lowest BCUT2D eigenvalue weighted by atomic mass is 10.2. The summed E-state index contributed by atoms with van der Waals surface area (Å²) in [6, 6.07) is 0.595. The van der Waals surface area contributed by atoms with Gasteiger partial charge in [0.25, 0.3) is 12.3 Å². The molecule has 0 saturated carbocycles. The number of nitrogens with zero attached hydrogens (tertiary/aromatic N) is 5. The van der Waals surface area contributed by atoms with Crippen molar-refractivity contribution in [3.8, 4) is 0 Å². The number of aromatic nitrogens is 5. The number of fused-ring (bicyclic) bond motifs is 1. The quantitative estimate of drug-likeness (QED) is 0.924. The second-order valence-electron chi connectivity index (χ2n) is 5.05. The van der Waals surface area contributed by atoms with Gasteiger partial charge in [-0.15, -0.1) is 10.2 Å². The maximum atomic E-state index is 12.6. The molecule has 22 heavy (non-hydrogen) atoms. The number of alkyl halides is 2. The van der Waals surface area contributed by atoms with E-state index in [-0.39, 0.29) is 5.69 Å². The number of rotatable bonds is 4. The summed E-state index contributed by atoms with van der Waals surface area (Å²) in [5.41, 5.74) is -0.575. The predicted octanol–water partition coefficient (Wildman–Crippen LogP) is 1.44. The van der Waals surface area contributed by atoms with Gasteiger partial charge in [-0.25, -0.2) is 18.7 Å². The van der Waals surface area contributed by atoms with Crippen LogP contribution < -0.4 is 5.32 Å². The number of hydrogen-bond donors (Lipinski definition) is 1. The first kappa shape index (κ1) is 14.5. The number of hydrogen-bond acceptors (Lipinski definition) is 5. The Bertz CT molecular complexity index is 702. The van der Waals surface area contributed by atoms with Crippen molar-refractivity contribution in [1.29, 1.82) is 0 Å². The van der Waals surface area contributed by atoms with Gasteiger partial charge >= 0.3 is 0 Å². The lowest BCUT2D eigenvalue weighted by Crippen LogP contribution is -2.29. The van der Waals surface area contributed by atoms with Gasteiger partial charge in [-0.05, 0) is 19.4 Å². The highest BCUT2D eigenvalue weighted by Gasteiger charge is 2.23. The van der Waals surface area contributed by atoms with Crippen molar-refractivity contribution in [2.24, 2.45) is 0 Å². The van der Waals surface area contributed by atoms with Crippen molar-refractivity contribution < 1.29 is 13.6 Å². The van der Waals surface area contributed by atoms with Crippen molar-refractivity contribution in [3.05, 3.63) is 35.4 Å². The van der Waals surface area contributed by atoms with Crippen LogP contribution in [0.1, 0.15) is 53.6 Å². The van der Waals surface area contributed by atoms with E-state index in [9.17, 15) is 13.6 Å². The Balaban J connectivity index is 1.75. The molecule has 1 aliphatic heterocycles. The second kappa shape index (κ2) is 5.74. The summed E-state index contributed by atoms with van der Waals surface area (Å²) in [6.07, 6.45) is 0.0850. The largest absolute Gasteiger partial charge is 0.341 e. The lowest BCUT2D eigenvalue weighted by molar-refractivity contribution is 0.0931. The van der Waals surface area contributed by atoms with Gasteiger partial charge in [-0.1, -0.05) is 0 Å². The Kier molecular flexibility index (Phi) is 3.78. The van der Waals surface area contributed by atoms with Crippen LogP contribution in [0.25, 0.3) is 0 Å². The summed E-state index contributed by atoms with van der Waals surface area (Å²) < 4.78 is 27.2. The van der Waals surface area contributed by atoms with Crippen LogP contribution in [-0.4, -0.2) is 30.6 Å². The fraction of sp³-hybridized carbons (Fsp3) is 0.462. The fourth-order valence-corrected chi connectivity index (χ4v) is 2.44. The van der Waals surface area contributed by atoms with Gasteiger partial charge in [0.1, 0.15) is 23.5 Å². The zero-order valence-corrected chi connectivity index (χ0v) is 11.8. The summed E-state index contributed by atoms with van der Waals surface area (Å²) in [6.45, 7) is 2.59. The van der Waals surface area contributed by atoms with E-state index in [1.165, 1.54) is 0 Å². The van der Waals surface area contributed by atoms with E-state index in [1.54, 1.807) is 6.92 Å². The molecular weight excluding hydrogens is 294 g/mol. The summed E-state index contributed by atoms with van der Waals surface area (Å²) in [5.74, 6) is 1.01. The molecule has 0 saturated heterocycles. The number of carbonyl (C=O) groups excluding carboxylic acids is 1. The molecule has 2 aromatic rings. The minimum absolute atomic E-state index is 0.0988. The molecule has 116 valence electrons. The topological polar surface area (TPSA) is 85.6 Å². The van der Waals surface area contributed by atoms with E-state index in [0.717, 1.165) is 37.6 Å². The van der Waals surface area contributed by atoms with Gasteiger partial charge in [-0.3, -0.25) is 4.79 Å². The zero-order valence-electron chi connectivity index (χ0n) is 11.8. The van der Waals surface area contributed by atoms with Crippen LogP contribution >= 0.6 is 0 Å². The van der Waals surface area contributed by atoms with Crippen LogP contribution in [0.4, 0.5) is 8.78 Å². The summed E-state index contributed by atoms with van der Waals surface area (Å²) in [5, 5.41) is 10.8. The lowest BCUT2D eigenvalue weighted by Gasteiger charge is -2.13. The van der Waals surface area contributed by atoms with Gasteiger partial charge < -0.3 is 9.88 Å². The molecule has 0 aliphatic carbocycles. The van der Waals surface area contributed by atoms with Crippen LogP contribution in [0.15, 0.2) is 12.4 Å². The third kappa shape index (κ3) is 2.66. The van der Waals surface area contributed by atoms with E-state index < -0.39 is 24.1 Å². The van der Waals surface area contributed by atoms with E-state index in [1.807, 2.05) is 4.57 Å². The first-order valence-corrected chi connectivity index (χ1v) is 6.89. The molecule has 3 rings (SSSR count). The highest BCUT2D eigenvalue weighted by molar-refractivity contribution is 5.92. The SMILES string of the molecule is CC(NC(=O)c1cc(C(F)F)ncn1)c1nnc2n1CCC2. The smallest absolute Gasteiger partial charge is 0.280 e. The van der Waals surface area contributed by atoms with Gasteiger partial charge in [0, 0.05) is 13.0 Å². The molecule has 7 nitrogen and oxygen atoms in total. The molecule has 9 heteroatoms. The highest BCUT2D eigenvalue weighted by Crippen LogP contribution is 2.20. The van der Waals surface area contributed by atoms with Crippen molar-refractivity contribution in [1.82, 2.24) is 30.0 Å². The maximum absolute atomic E-state index is 12.6. The Labute approximate surface area is 124 Å². The number of amides is 1. The molecular formula is C13H14F2N6O. The molecule has 1 unspecified atom stereocenters. The minimum atomic E-state index is -2.74. The molecule has 0 bridgehead atoms. The number of nitrogens with one attached hydrogen (secondary N) is 1. The summed E-state index contributed by atoms with van der Waals surface area (Å²) >= 11 is 0. The molecule has 1 aliphatic rings. The maximum Gasteiger partial charge on any atom is 0.280 e. The van der Waals surface area contributed by atoms with Crippen LogP contribution in [0.2, 0.25) is 0 Å². The first-order valence-electron chi connectivity index (χ1n) is 6.89. The molecule has 3 heterocycles. The number of aryl methyl sites for hydroxylation is 1. The minimum Gasteiger partial charge on any atom is -0.341 e. The summed E-state index contributed by atoms with van der Waals surface area (Å²) in [7, 11) is 0. The Morgan fingerprint density at radius 3 is 2.95 bits per heavy atom. The molecule has 0 aromatic carbocycles.